The van der Waals surface area contributed by atoms with Gasteiger partial charge < -0.3 is 14.5 Å². The van der Waals surface area contributed by atoms with Crippen molar-refractivity contribution in [1.29, 1.82) is 0 Å². The van der Waals surface area contributed by atoms with Crippen LogP contribution in [0.1, 0.15) is 17.5 Å². The zero-order valence-corrected chi connectivity index (χ0v) is 20.3. The first-order valence-corrected chi connectivity index (χ1v) is 13.1. The molecule has 3 aliphatic rings. The van der Waals surface area contributed by atoms with Gasteiger partial charge in [-0.2, -0.15) is 4.31 Å². The molecular formula is C23H34N4O5S. The van der Waals surface area contributed by atoms with Gasteiger partial charge in [-0.15, -0.1) is 0 Å². The van der Waals surface area contributed by atoms with Crippen LogP contribution < -0.4 is 0 Å². The summed E-state index contributed by atoms with van der Waals surface area (Å²) in [7, 11) is -3.60. The molecule has 3 aliphatic heterocycles. The summed E-state index contributed by atoms with van der Waals surface area (Å²) in [5.74, 6) is -0.358. The second-order valence-corrected chi connectivity index (χ2v) is 11.1. The second-order valence-electron chi connectivity index (χ2n) is 9.19. The Kier molecular flexibility index (Phi) is 7.37. The van der Waals surface area contributed by atoms with Gasteiger partial charge in [-0.25, -0.2) is 8.42 Å². The van der Waals surface area contributed by atoms with E-state index in [1.165, 1.54) is 4.31 Å². The van der Waals surface area contributed by atoms with Gasteiger partial charge in [-0.05, 0) is 31.0 Å². The van der Waals surface area contributed by atoms with Gasteiger partial charge >= 0.3 is 0 Å². The monoisotopic (exact) mass is 478 g/mol. The zero-order chi connectivity index (χ0) is 23.6. The highest BCUT2D eigenvalue weighted by Gasteiger charge is 2.38. The van der Waals surface area contributed by atoms with Gasteiger partial charge in [0.1, 0.15) is 0 Å². The molecule has 2 amide bonds. The summed E-state index contributed by atoms with van der Waals surface area (Å²) in [5, 5.41) is 0. The van der Waals surface area contributed by atoms with Gasteiger partial charge in [0.05, 0.1) is 24.0 Å². The average Bonchev–Trinajstić information content (AvgIpc) is 3.20. The van der Waals surface area contributed by atoms with Crippen LogP contribution in [0.2, 0.25) is 0 Å². The van der Waals surface area contributed by atoms with Gasteiger partial charge in [0, 0.05) is 65.3 Å². The number of likely N-dealkylation sites (tertiary alicyclic amines) is 1. The number of hydrogen-bond acceptors (Lipinski definition) is 6. The van der Waals surface area contributed by atoms with E-state index in [1.807, 2.05) is 19.1 Å². The van der Waals surface area contributed by atoms with Crippen LogP contribution in [0.25, 0.3) is 0 Å². The summed E-state index contributed by atoms with van der Waals surface area (Å²) < 4.78 is 33.1. The van der Waals surface area contributed by atoms with Crippen LogP contribution in [0.3, 0.4) is 0 Å². The van der Waals surface area contributed by atoms with Crippen molar-refractivity contribution in [3.63, 3.8) is 0 Å². The molecule has 3 fully saturated rings. The SMILES string of the molecule is Cc1ccc(C)c(S(=O)(=O)N2CCN(C(=O)C3CC(=O)N(CCN4CCOCC4)C3)CC2)c1. The molecule has 33 heavy (non-hydrogen) atoms. The van der Waals surface area contributed by atoms with Crippen LogP contribution in [0, 0.1) is 19.8 Å². The molecule has 0 bridgehead atoms. The maximum absolute atomic E-state index is 13.1. The van der Waals surface area contributed by atoms with Crippen molar-refractivity contribution in [1.82, 2.24) is 19.0 Å². The van der Waals surface area contributed by atoms with E-state index in [9.17, 15) is 18.0 Å². The number of aryl methyl sites for hydroxylation is 2. The lowest BCUT2D eigenvalue weighted by Crippen LogP contribution is -2.52. The zero-order valence-electron chi connectivity index (χ0n) is 19.5. The van der Waals surface area contributed by atoms with E-state index in [1.54, 1.807) is 22.8 Å². The van der Waals surface area contributed by atoms with Crippen molar-refractivity contribution < 1.29 is 22.7 Å². The molecule has 4 rings (SSSR count). The van der Waals surface area contributed by atoms with Crippen molar-refractivity contribution in [3.8, 4) is 0 Å². The van der Waals surface area contributed by atoms with Crippen molar-refractivity contribution in [2.24, 2.45) is 5.92 Å². The maximum atomic E-state index is 13.1. The topological polar surface area (TPSA) is 90.5 Å². The van der Waals surface area contributed by atoms with Gasteiger partial charge in [-0.3, -0.25) is 14.5 Å². The third-order valence-electron chi connectivity index (χ3n) is 6.87. The minimum Gasteiger partial charge on any atom is -0.379 e. The molecule has 3 heterocycles. The van der Waals surface area contributed by atoms with E-state index in [2.05, 4.69) is 4.90 Å². The summed E-state index contributed by atoms with van der Waals surface area (Å²) >= 11 is 0. The van der Waals surface area contributed by atoms with Gasteiger partial charge in [-0.1, -0.05) is 12.1 Å². The molecule has 10 heteroatoms. The third kappa shape index (κ3) is 5.40. The Morgan fingerprint density at radius 1 is 1.03 bits per heavy atom. The standard InChI is InChI=1S/C23H34N4O5S/c1-18-3-4-19(2)21(15-18)33(30,31)27-9-7-25(8-10-27)23(29)20-16-22(28)26(17-20)6-5-24-11-13-32-14-12-24/h3-4,15,20H,5-14,16-17H2,1-2H3. The highest BCUT2D eigenvalue weighted by atomic mass is 32.2. The number of piperazine rings is 1. The van der Waals surface area contributed by atoms with Crippen LogP contribution >= 0.6 is 0 Å². The Morgan fingerprint density at radius 3 is 2.42 bits per heavy atom. The first-order chi connectivity index (χ1) is 15.8. The Labute approximate surface area is 196 Å². The minimum absolute atomic E-state index is 0.0257. The molecule has 1 atom stereocenters. The number of amides is 2. The lowest BCUT2D eigenvalue weighted by molar-refractivity contribution is -0.137. The molecular weight excluding hydrogens is 444 g/mol. The molecule has 1 aromatic carbocycles. The molecule has 0 spiro atoms. The number of ether oxygens (including phenoxy) is 1. The van der Waals surface area contributed by atoms with E-state index in [4.69, 9.17) is 4.74 Å². The van der Waals surface area contributed by atoms with E-state index in [-0.39, 0.29) is 37.2 Å². The number of carbonyl (C=O) groups is 2. The number of nitrogens with zero attached hydrogens (tertiary/aromatic N) is 4. The van der Waals surface area contributed by atoms with Crippen LogP contribution in [0.15, 0.2) is 23.1 Å². The van der Waals surface area contributed by atoms with Crippen LogP contribution in [0.5, 0.6) is 0 Å². The fourth-order valence-corrected chi connectivity index (χ4v) is 6.50. The molecule has 0 aliphatic carbocycles. The van der Waals surface area contributed by atoms with Crippen LogP contribution in [-0.4, -0.2) is 111 Å². The van der Waals surface area contributed by atoms with Crippen LogP contribution in [-0.2, 0) is 24.3 Å². The number of carbonyl (C=O) groups excluding carboxylic acids is 2. The summed E-state index contributed by atoms with van der Waals surface area (Å²) in [6, 6.07) is 5.43. The predicted molar refractivity (Wildman–Crippen MR) is 123 cm³/mol. The van der Waals surface area contributed by atoms with Gasteiger partial charge in [0.25, 0.3) is 0 Å². The first-order valence-electron chi connectivity index (χ1n) is 11.7. The van der Waals surface area contributed by atoms with E-state index < -0.39 is 10.0 Å². The fraction of sp³-hybridized carbons (Fsp3) is 0.652. The highest BCUT2D eigenvalue weighted by Crippen LogP contribution is 2.24. The molecule has 9 nitrogen and oxygen atoms in total. The molecule has 1 unspecified atom stereocenters. The van der Waals surface area contributed by atoms with Gasteiger partial charge in [0.2, 0.25) is 21.8 Å². The Hall–Kier alpha value is -2.01. The first kappa shape index (κ1) is 24.1. The number of rotatable bonds is 6. The molecule has 0 aromatic heterocycles. The Bertz CT molecular complexity index is 985. The van der Waals surface area contributed by atoms with E-state index in [0.29, 0.717) is 31.1 Å². The predicted octanol–water partition coefficient (Wildman–Crippen LogP) is 0.317. The number of morpholine rings is 1. The lowest BCUT2D eigenvalue weighted by atomic mass is 10.1. The number of hydrogen-bond donors (Lipinski definition) is 0. The Morgan fingerprint density at radius 2 is 1.73 bits per heavy atom. The number of benzene rings is 1. The molecule has 182 valence electrons. The summed E-state index contributed by atoms with van der Waals surface area (Å²) in [6.07, 6.45) is 0.239. The smallest absolute Gasteiger partial charge is 0.243 e. The molecule has 3 saturated heterocycles. The summed E-state index contributed by atoms with van der Waals surface area (Å²) in [4.78, 5) is 31.7. The third-order valence-corrected chi connectivity index (χ3v) is 8.91. The molecule has 0 N–H and O–H groups in total. The second kappa shape index (κ2) is 10.1. The quantitative estimate of drug-likeness (QED) is 0.585. The van der Waals surface area contributed by atoms with Crippen molar-refractivity contribution in [2.75, 3.05) is 72.1 Å². The average molecular weight is 479 g/mol. The normalized spacial score (nSPS) is 23.3. The number of sulfonamides is 1. The molecule has 0 radical (unpaired) electrons. The molecule has 1 aromatic rings. The van der Waals surface area contributed by atoms with Crippen LogP contribution in [0.4, 0.5) is 0 Å². The van der Waals surface area contributed by atoms with Crippen molar-refractivity contribution in [2.45, 2.75) is 25.2 Å². The largest absolute Gasteiger partial charge is 0.379 e. The minimum atomic E-state index is -3.60. The summed E-state index contributed by atoms with van der Waals surface area (Å²) in [5.41, 5.74) is 1.62. The van der Waals surface area contributed by atoms with E-state index in [0.717, 1.165) is 44.0 Å². The Balaban J connectivity index is 1.30. The van der Waals surface area contributed by atoms with Crippen molar-refractivity contribution >= 4 is 21.8 Å². The highest BCUT2D eigenvalue weighted by molar-refractivity contribution is 7.89. The van der Waals surface area contributed by atoms with E-state index >= 15 is 0 Å². The summed E-state index contributed by atoms with van der Waals surface area (Å²) in [6.45, 7) is 9.98. The van der Waals surface area contributed by atoms with Gasteiger partial charge in [0.15, 0.2) is 0 Å². The fourth-order valence-electron chi connectivity index (χ4n) is 4.77. The lowest BCUT2D eigenvalue weighted by Gasteiger charge is -2.35. The molecule has 0 saturated carbocycles. The van der Waals surface area contributed by atoms with Crippen molar-refractivity contribution in [3.05, 3.63) is 29.3 Å². The maximum Gasteiger partial charge on any atom is 0.243 e.